The molecule has 5 unspecified atom stereocenters. The number of nitrogens with zero attached hydrogens (tertiary/aromatic N) is 5. The van der Waals surface area contributed by atoms with Crippen LogP contribution in [0.15, 0.2) is 151 Å². The van der Waals surface area contributed by atoms with Crippen LogP contribution in [0.1, 0.15) is 280 Å². The van der Waals surface area contributed by atoms with Gasteiger partial charge in [0.05, 0.1) is 48.6 Å². The minimum absolute atomic E-state index is 0.0389. The fourth-order valence-corrected chi connectivity index (χ4v) is 24.1. The minimum atomic E-state index is -4.54. The summed E-state index contributed by atoms with van der Waals surface area (Å²) in [6, 6.07) is 41.7. The third-order valence-corrected chi connectivity index (χ3v) is 33.6. The molecule has 10 N–H and O–H groups in total. The van der Waals surface area contributed by atoms with Crippen LogP contribution in [-0.4, -0.2) is 187 Å². The summed E-state index contributed by atoms with van der Waals surface area (Å²) in [6.07, 6.45) is 30.6. The zero-order chi connectivity index (χ0) is 100. The smallest absolute Gasteiger partial charge is 0.426 e. The van der Waals surface area contributed by atoms with Crippen molar-refractivity contribution >= 4 is 116 Å². The molecular formula is C103H147Br4F3N5O19P3S. The van der Waals surface area contributed by atoms with Gasteiger partial charge in [0.25, 0.3) is 0 Å². The molecule has 5 aliphatic rings. The molecule has 0 aliphatic carbocycles. The predicted molar refractivity (Wildman–Crippen MR) is 555 cm³/mol. The summed E-state index contributed by atoms with van der Waals surface area (Å²) >= 11 is 15.0. The van der Waals surface area contributed by atoms with E-state index < -0.39 is 62.1 Å². The van der Waals surface area contributed by atoms with Gasteiger partial charge in [-0.3, -0.25) is 52.6 Å². The Kier molecular flexibility index (Phi) is 51.5. The summed E-state index contributed by atoms with van der Waals surface area (Å²) in [5, 5.41) is 34.6. The Balaban J connectivity index is 0.000000212. The standard InChI is InChI=1S/C24H22F3NO3S.C21H33NO2.C20H32NO5P.C19H30Br2NO5P.C19H30Br2NO4P/c25-24(26,27)22-21(17-4-2-1-3-5-17)12-20(32-22)15-31-19-8-6-16(7-9-19)13-28-11-10-18(14-28)23(29)30;1-2-3-4-5-6-7-8-9-18-10-12-19(13-11-18)16-22-15-14-20(17-22)21(23)24;1-2-3-4-5-6-7-8-19(22)18-11-9-17(10-12-18)15-21-14-13-20(23,16-21)27(24,25)26;1-2-3-4-5-6-7-10-27-18-16(20)11-15(12-17(18)21)13-22-9-8-19(23,14-22)28(24,25)26;1-2-3-4-5-6-7-10-26-19-17(20)11-15(12-18(19)21)13-22-9-8-16(14-22)27(23,24)25/h1-9,12,18H,10-11,13-15H2,(H,29,30);10-13,20H,2-9,14-17H2,1H3,(H,23,24);9-12,23H,2-8,13-16H2,1H3,(H2,24,25,26);11-12,23H,2-10,13-14H2,1H3,(H2,24,25,26);11-12,16H,2-10,13-14H2,1H3,(H2,23,24,25). The van der Waals surface area contributed by atoms with Crippen LogP contribution in [0.3, 0.4) is 0 Å². The second kappa shape index (κ2) is 60.1. The van der Waals surface area contributed by atoms with Crippen LogP contribution in [0.2, 0.25) is 0 Å². The van der Waals surface area contributed by atoms with E-state index in [2.05, 4.69) is 130 Å². The van der Waals surface area contributed by atoms with Gasteiger partial charge in [-0.2, -0.15) is 13.2 Å². The number of carbonyl (C=O) groups excluding carboxylic acids is 1. The number of aliphatic hydroxyl groups is 2. The molecule has 5 fully saturated rings. The third-order valence-electron chi connectivity index (χ3n) is 25.9. The number of ketones is 1. The molecule has 0 radical (unpaired) electrons. The van der Waals surface area contributed by atoms with Crippen LogP contribution in [0.5, 0.6) is 17.2 Å². The van der Waals surface area contributed by atoms with E-state index in [1.807, 2.05) is 70.5 Å². The van der Waals surface area contributed by atoms with Crippen LogP contribution in [0.25, 0.3) is 11.1 Å². The van der Waals surface area contributed by atoms with Crippen molar-refractivity contribution < 1.29 is 105 Å². The molecule has 0 spiro atoms. The number of hydrogen-bond acceptors (Lipinski definition) is 17. The van der Waals surface area contributed by atoms with E-state index in [1.165, 1.54) is 152 Å². The normalized spacial score (nSPS) is 18.9. The summed E-state index contributed by atoms with van der Waals surface area (Å²) in [4.78, 5) is 100. The Labute approximate surface area is 852 Å². The van der Waals surface area contributed by atoms with Crippen molar-refractivity contribution in [3.05, 3.63) is 200 Å². The number of carboxylic acid groups (broad SMARTS) is 2. The number of hydrogen-bond donors (Lipinski definition) is 10. The highest BCUT2D eigenvalue weighted by atomic mass is 79.9. The molecule has 6 heterocycles. The van der Waals surface area contributed by atoms with Gasteiger partial charge in [-0.1, -0.05) is 254 Å². The summed E-state index contributed by atoms with van der Waals surface area (Å²) in [6.45, 7) is 18.3. The largest absolute Gasteiger partial charge is 0.491 e. The number of thiophene rings is 1. The minimum Gasteiger partial charge on any atom is -0.491 e. The molecule has 7 aromatic rings. The monoisotopic (exact) mass is 2260 g/mol. The number of likely N-dealkylation sites (tertiary alicyclic amines) is 5. The zero-order valence-electron chi connectivity index (χ0n) is 80.6. The number of carboxylic acids is 2. The number of alkyl halides is 3. The SMILES string of the molecule is CCCCCCCCC(=O)c1ccc(CN2CCC(O)(P(=O)(O)O)C2)cc1.CCCCCCCCCc1ccc(CN2CCC(C(=O)O)C2)cc1.CCCCCCCCOc1c(Br)cc(CN2CCC(O)(P(=O)(O)O)C2)cc1Br.CCCCCCCCOc1c(Br)cc(CN2CCC(P(=O)(O)O)C2)cc1Br.O=C(O)C1CCN(Cc2ccc(OCc3cc(-c4ccccc4)c(C(F)(F)F)s3)cc2)C1. The lowest BCUT2D eigenvalue weighted by Gasteiger charge is -2.24. The molecule has 0 amide bonds. The van der Waals surface area contributed by atoms with Crippen molar-refractivity contribution in [3.8, 4) is 28.4 Å². The fourth-order valence-electron chi connectivity index (χ4n) is 17.6. The second-order valence-electron chi connectivity index (χ2n) is 37.4. The summed E-state index contributed by atoms with van der Waals surface area (Å²) in [7, 11) is -13.1. The average molecular weight is 2260 g/mol. The van der Waals surface area contributed by atoms with E-state index in [-0.39, 0.29) is 55.7 Å². The molecule has 0 saturated carbocycles. The molecule has 24 nitrogen and oxygen atoms in total. The maximum Gasteiger partial charge on any atom is 0.426 e. The Bertz CT molecular complexity index is 4920. The van der Waals surface area contributed by atoms with Gasteiger partial charge in [0.2, 0.25) is 0 Å². The van der Waals surface area contributed by atoms with Gasteiger partial charge in [0, 0.05) is 114 Å². The number of benzene rings is 6. The van der Waals surface area contributed by atoms with E-state index in [4.69, 9.17) is 24.4 Å². The molecule has 6 aromatic carbocycles. The first-order valence-electron chi connectivity index (χ1n) is 49.3. The van der Waals surface area contributed by atoms with Crippen LogP contribution in [-0.2, 0) is 75.2 Å². The fraction of sp³-hybridized carbons (Fsp3) is 0.583. The number of halogens is 7. The highest BCUT2D eigenvalue weighted by Gasteiger charge is 2.51. The molecular weight excluding hydrogens is 2110 g/mol. The van der Waals surface area contributed by atoms with Crippen molar-refractivity contribution in [2.24, 2.45) is 11.8 Å². The number of rotatable bonds is 51. The Morgan fingerprint density at radius 2 is 0.804 bits per heavy atom. The van der Waals surface area contributed by atoms with Gasteiger partial charge < -0.3 is 64.0 Å². The predicted octanol–water partition coefficient (Wildman–Crippen LogP) is 25.2. The highest BCUT2D eigenvalue weighted by Crippen LogP contribution is 2.55. The number of carbonyl (C=O) groups is 3. The number of aryl methyl sites for hydroxylation is 1. The molecule has 0 bridgehead atoms. The molecule has 5 atom stereocenters. The van der Waals surface area contributed by atoms with Crippen molar-refractivity contribution in [1.29, 1.82) is 0 Å². The maximum atomic E-state index is 13.5. The number of unbranched alkanes of at least 4 members (excludes halogenated alkanes) is 21. The van der Waals surface area contributed by atoms with Gasteiger partial charge in [-0.25, -0.2) is 0 Å². The van der Waals surface area contributed by atoms with Gasteiger partial charge >= 0.3 is 40.9 Å². The second-order valence-corrected chi connectivity index (χ2v) is 47.7. The van der Waals surface area contributed by atoms with Crippen LogP contribution >= 0.6 is 97.8 Å². The average Bonchev–Trinajstić information content (AvgIpc) is 1.64. The van der Waals surface area contributed by atoms with Gasteiger partial charge in [0.1, 0.15) is 28.7 Å². The van der Waals surface area contributed by atoms with Crippen LogP contribution < -0.4 is 14.2 Å². The summed E-state index contributed by atoms with van der Waals surface area (Å²) in [5.74, 6) is 0.423. The van der Waals surface area contributed by atoms with Gasteiger partial charge in [0.15, 0.2) is 16.5 Å². The third kappa shape index (κ3) is 41.1. The Morgan fingerprint density at radius 1 is 0.435 bits per heavy atom. The van der Waals surface area contributed by atoms with E-state index in [0.29, 0.717) is 131 Å². The Morgan fingerprint density at radius 3 is 1.20 bits per heavy atom. The molecule has 768 valence electrons. The van der Waals surface area contributed by atoms with E-state index in [9.17, 15) is 80.8 Å². The van der Waals surface area contributed by atoms with Crippen LogP contribution in [0.4, 0.5) is 13.2 Å². The number of aliphatic carboxylic acids is 2. The maximum absolute atomic E-state index is 13.5. The van der Waals surface area contributed by atoms with Crippen molar-refractivity contribution in [2.75, 3.05) is 78.7 Å². The Hall–Kier alpha value is -5.09. The summed E-state index contributed by atoms with van der Waals surface area (Å²) in [5.41, 5.74) is 7.64. The zero-order valence-corrected chi connectivity index (χ0v) is 90.4. The lowest BCUT2D eigenvalue weighted by Crippen LogP contribution is -2.32. The van der Waals surface area contributed by atoms with E-state index in [0.717, 1.165) is 103 Å². The first-order valence-corrected chi connectivity index (χ1v) is 58.2. The number of β-amino-alcohol motifs (C(OH)–C–C–N with tert-alkyl or cyclic N) is 2. The lowest BCUT2D eigenvalue weighted by atomic mass is 10.0. The molecule has 138 heavy (non-hydrogen) atoms. The van der Waals surface area contributed by atoms with E-state index >= 15 is 0 Å². The topological polar surface area (TPSA) is 349 Å². The van der Waals surface area contributed by atoms with Crippen molar-refractivity contribution in [1.82, 2.24) is 24.5 Å². The first-order chi connectivity index (χ1) is 65.7. The van der Waals surface area contributed by atoms with E-state index in [1.54, 1.807) is 48.5 Å². The van der Waals surface area contributed by atoms with Gasteiger partial charge in [-0.15, -0.1) is 11.3 Å². The highest BCUT2D eigenvalue weighted by molar-refractivity contribution is 9.11. The number of Topliss-reactive ketones (excluding diaryl/α,β-unsaturated/α-hetero) is 1. The first kappa shape index (κ1) is 118. The van der Waals surface area contributed by atoms with Crippen molar-refractivity contribution in [2.45, 2.75) is 295 Å². The van der Waals surface area contributed by atoms with Crippen molar-refractivity contribution in [3.63, 3.8) is 0 Å². The molecule has 5 aliphatic heterocycles. The van der Waals surface area contributed by atoms with Crippen LogP contribution in [0, 0.1) is 11.8 Å². The lowest BCUT2D eigenvalue weighted by molar-refractivity contribution is -0.142. The molecule has 5 saturated heterocycles. The molecule has 35 heteroatoms. The molecule has 1 aromatic heterocycles. The van der Waals surface area contributed by atoms with Gasteiger partial charge in [-0.05, 0) is 216 Å². The quantitative estimate of drug-likeness (QED) is 0.00962. The summed E-state index contributed by atoms with van der Waals surface area (Å²) < 4.78 is 96.0. The molecule has 12 rings (SSSR count). The number of ether oxygens (including phenoxy) is 3.